The number of likely N-dealkylation sites (tertiary alicyclic amines) is 1. The summed E-state index contributed by atoms with van der Waals surface area (Å²) in [6, 6.07) is 18.7. The van der Waals surface area contributed by atoms with E-state index in [0.717, 1.165) is 43.1 Å². The maximum Gasteiger partial charge on any atom is 0.233 e. The van der Waals surface area contributed by atoms with E-state index in [4.69, 9.17) is 4.74 Å². The van der Waals surface area contributed by atoms with Gasteiger partial charge < -0.3 is 10.1 Å². The van der Waals surface area contributed by atoms with Crippen LogP contribution in [-0.4, -0.2) is 42.3 Å². The summed E-state index contributed by atoms with van der Waals surface area (Å²) in [5.74, 6) is 0.955. The summed E-state index contributed by atoms with van der Waals surface area (Å²) in [5, 5.41) is 3.12. The summed E-state index contributed by atoms with van der Waals surface area (Å²) in [5.41, 5.74) is 1.35. The second kappa shape index (κ2) is 9.81. The SMILES string of the molecule is COc1ccc(SC(C)C(=O)NC2CCN(Cc3ccccc3)CC2)cc1. The average Bonchev–Trinajstić information content (AvgIpc) is 2.71. The molecule has 144 valence electrons. The number of nitrogens with zero attached hydrogens (tertiary/aromatic N) is 1. The van der Waals surface area contributed by atoms with Crippen LogP contribution in [0.15, 0.2) is 59.5 Å². The zero-order valence-corrected chi connectivity index (χ0v) is 16.9. The first-order chi connectivity index (χ1) is 13.1. The number of thioether (sulfide) groups is 1. The van der Waals surface area contributed by atoms with Crippen LogP contribution in [0.5, 0.6) is 5.75 Å². The first-order valence-corrected chi connectivity index (χ1v) is 10.4. The maximum atomic E-state index is 12.5. The molecule has 27 heavy (non-hydrogen) atoms. The highest BCUT2D eigenvalue weighted by Crippen LogP contribution is 2.25. The Bertz CT molecular complexity index is 713. The van der Waals surface area contributed by atoms with Gasteiger partial charge in [0.2, 0.25) is 5.91 Å². The Kier molecular flexibility index (Phi) is 7.18. The van der Waals surface area contributed by atoms with E-state index in [1.54, 1.807) is 18.9 Å². The fraction of sp³-hybridized carbons (Fsp3) is 0.409. The van der Waals surface area contributed by atoms with E-state index >= 15 is 0 Å². The highest BCUT2D eigenvalue weighted by atomic mass is 32.2. The monoisotopic (exact) mass is 384 g/mol. The number of hydrogen-bond acceptors (Lipinski definition) is 4. The number of nitrogens with one attached hydrogen (secondary N) is 1. The first kappa shape index (κ1) is 19.8. The van der Waals surface area contributed by atoms with E-state index in [0.29, 0.717) is 0 Å². The van der Waals surface area contributed by atoms with Crippen LogP contribution in [0.1, 0.15) is 25.3 Å². The van der Waals surface area contributed by atoms with Crippen LogP contribution < -0.4 is 10.1 Å². The van der Waals surface area contributed by atoms with Crippen molar-refractivity contribution in [1.82, 2.24) is 10.2 Å². The van der Waals surface area contributed by atoms with Crippen LogP contribution in [0.2, 0.25) is 0 Å². The van der Waals surface area contributed by atoms with Crippen molar-refractivity contribution in [3.8, 4) is 5.75 Å². The van der Waals surface area contributed by atoms with Crippen molar-refractivity contribution < 1.29 is 9.53 Å². The molecule has 0 aliphatic carbocycles. The Morgan fingerprint density at radius 1 is 1.15 bits per heavy atom. The molecule has 0 aromatic heterocycles. The van der Waals surface area contributed by atoms with Crippen molar-refractivity contribution in [2.24, 2.45) is 0 Å². The molecule has 1 amide bonds. The number of amides is 1. The van der Waals surface area contributed by atoms with Gasteiger partial charge in [-0.3, -0.25) is 9.69 Å². The van der Waals surface area contributed by atoms with Gasteiger partial charge in [0.25, 0.3) is 0 Å². The fourth-order valence-electron chi connectivity index (χ4n) is 3.31. The van der Waals surface area contributed by atoms with E-state index < -0.39 is 0 Å². The smallest absolute Gasteiger partial charge is 0.233 e. The molecule has 2 aromatic rings. The summed E-state index contributed by atoms with van der Waals surface area (Å²) >= 11 is 1.58. The van der Waals surface area contributed by atoms with Crippen molar-refractivity contribution in [2.75, 3.05) is 20.2 Å². The van der Waals surface area contributed by atoms with Gasteiger partial charge in [-0.05, 0) is 49.6 Å². The molecule has 1 unspecified atom stereocenters. The van der Waals surface area contributed by atoms with Gasteiger partial charge in [0, 0.05) is 30.6 Å². The lowest BCUT2D eigenvalue weighted by Gasteiger charge is -2.32. The van der Waals surface area contributed by atoms with E-state index in [-0.39, 0.29) is 17.2 Å². The lowest BCUT2D eigenvalue weighted by molar-refractivity contribution is -0.121. The van der Waals surface area contributed by atoms with Crippen LogP contribution in [0.4, 0.5) is 0 Å². The predicted molar refractivity (Wildman–Crippen MR) is 111 cm³/mol. The second-order valence-electron chi connectivity index (χ2n) is 6.98. The van der Waals surface area contributed by atoms with Gasteiger partial charge in [0.1, 0.15) is 5.75 Å². The average molecular weight is 385 g/mol. The Balaban J connectivity index is 1.41. The predicted octanol–water partition coefficient (Wildman–Crippen LogP) is 3.96. The number of carbonyl (C=O) groups is 1. The van der Waals surface area contributed by atoms with Gasteiger partial charge in [0.15, 0.2) is 0 Å². The number of piperidine rings is 1. The topological polar surface area (TPSA) is 41.6 Å². The molecule has 1 aliphatic rings. The third-order valence-corrected chi connectivity index (χ3v) is 6.04. The van der Waals surface area contributed by atoms with E-state index in [9.17, 15) is 4.79 Å². The molecule has 1 saturated heterocycles. The molecule has 1 N–H and O–H groups in total. The van der Waals surface area contributed by atoms with Crippen molar-refractivity contribution in [3.63, 3.8) is 0 Å². The van der Waals surface area contributed by atoms with E-state index in [1.165, 1.54) is 5.56 Å². The zero-order chi connectivity index (χ0) is 19.1. The second-order valence-corrected chi connectivity index (χ2v) is 8.39. The molecule has 4 nitrogen and oxygen atoms in total. The number of ether oxygens (including phenoxy) is 1. The number of benzene rings is 2. The number of carbonyl (C=O) groups excluding carboxylic acids is 1. The van der Waals surface area contributed by atoms with Crippen LogP contribution >= 0.6 is 11.8 Å². The standard InChI is InChI=1S/C22H28N2O2S/c1-17(27-21-10-8-20(26-2)9-11-21)22(25)23-19-12-14-24(15-13-19)16-18-6-4-3-5-7-18/h3-11,17,19H,12-16H2,1-2H3,(H,23,25). The summed E-state index contributed by atoms with van der Waals surface area (Å²) in [4.78, 5) is 16.1. The van der Waals surface area contributed by atoms with Gasteiger partial charge in [-0.1, -0.05) is 30.3 Å². The molecule has 2 aromatic carbocycles. The molecule has 0 saturated carbocycles. The van der Waals surface area contributed by atoms with Gasteiger partial charge in [-0.15, -0.1) is 11.8 Å². The van der Waals surface area contributed by atoms with Crippen molar-refractivity contribution >= 4 is 17.7 Å². The third kappa shape index (κ3) is 6.01. The molecular weight excluding hydrogens is 356 g/mol. The van der Waals surface area contributed by atoms with Crippen LogP contribution in [0.3, 0.4) is 0 Å². The summed E-state index contributed by atoms with van der Waals surface area (Å²) in [6.07, 6.45) is 2.02. The van der Waals surface area contributed by atoms with Crippen LogP contribution in [-0.2, 0) is 11.3 Å². The fourth-order valence-corrected chi connectivity index (χ4v) is 4.18. The van der Waals surface area contributed by atoms with Crippen LogP contribution in [0.25, 0.3) is 0 Å². The maximum absolute atomic E-state index is 12.5. The van der Waals surface area contributed by atoms with Crippen molar-refractivity contribution in [1.29, 1.82) is 0 Å². The summed E-state index contributed by atoms with van der Waals surface area (Å²) in [7, 11) is 1.66. The minimum absolute atomic E-state index is 0.110. The van der Waals surface area contributed by atoms with Crippen molar-refractivity contribution in [3.05, 3.63) is 60.2 Å². The minimum Gasteiger partial charge on any atom is -0.497 e. The first-order valence-electron chi connectivity index (χ1n) is 9.51. The number of hydrogen-bond donors (Lipinski definition) is 1. The lowest BCUT2D eigenvalue weighted by Crippen LogP contribution is -2.46. The third-order valence-electron chi connectivity index (χ3n) is 4.92. The summed E-state index contributed by atoms with van der Waals surface area (Å²) in [6.45, 7) is 5.01. The lowest BCUT2D eigenvalue weighted by atomic mass is 10.0. The highest BCUT2D eigenvalue weighted by molar-refractivity contribution is 8.00. The van der Waals surface area contributed by atoms with Crippen molar-refractivity contribution in [2.45, 2.75) is 42.5 Å². The zero-order valence-electron chi connectivity index (χ0n) is 16.1. The van der Waals surface area contributed by atoms with Gasteiger partial charge in [0.05, 0.1) is 12.4 Å². The molecule has 1 fully saturated rings. The molecule has 0 bridgehead atoms. The van der Waals surface area contributed by atoms with Gasteiger partial charge in [-0.25, -0.2) is 0 Å². The molecular formula is C22H28N2O2S. The molecule has 0 radical (unpaired) electrons. The van der Waals surface area contributed by atoms with E-state index in [2.05, 4.69) is 40.5 Å². The normalized spacial score (nSPS) is 16.7. The Hall–Kier alpha value is -1.98. The Labute approximate surface area is 166 Å². The number of rotatable bonds is 7. The van der Waals surface area contributed by atoms with Gasteiger partial charge in [-0.2, -0.15) is 0 Å². The summed E-state index contributed by atoms with van der Waals surface area (Å²) < 4.78 is 5.18. The Morgan fingerprint density at radius 3 is 2.44 bits per heavy atom. The molecule has 1 aliphatic heterocycles. The molecule has 3 rings (SSSR count). The van der Waals surface area contributed by atoms with Crippen LogP contribution in [0, 0.1) is 0 Å². The Morgan fingerprint density at radius 2 is 1.81 bits per heavy atom. The molecule has 1 atom stereocenters. The van der Waals surface area contributed by atoms with Gasteiger partial charge >= 0.3 is 0 Å². The molecule has 5 heteroatoms. The number of methoxy groups -OCH3 is 1. The molecule has 1 heterocycles. The molecule has 0 spiro atoms. The van der Waals surface area contributed by atoms with E-state index in [1.807, 2.05) is 31.2 Å². The largest absolute Gasteiger partial charge is 0.497 e. The minimum atomic E-state index is -0.110. The highest BCUT2D eigenvalue weighted by Gasteiger charge is 2.23. The quantitative estimate of drug-likeness (QED) is 0.734.